The number of nitrogens with one attached hydrogen (secondary N) is 2. The highest BCUT2D eigenvalue weighted by Gasteiger charge is 2.06. The van der Waals surface area contributed by atoms with Gasteiger partial charge in [0.15, 0.2) is 11.6 Å². The number of aryl methyl sites for hydroxylation is 1. The molecule has 2 aromatic carbocycles. The number of hydrogen-bond donors (Lipinski definition) is 2. The topological polar surface area (TPSA) is 41.1 Å². The first-order valence-corrected chi connectivity index (χ1v) is 6.60. The minimum absolute atomic E-state index is 0.229. The molecular weight excluding hydrogens is 274 g/mol. The summed E-state index contributed by atoms with van der Waals surface area (Å²) in [5.41, 5.74) is 2.31. The monoisotopic (exact) mass is 290 g/mol. The molecular formula is C16H16F2N2O. The molecule has 0 radical (unpaired) electrons. The molecule has 5 heteroatoms. The van der Waals surface area contributed by atoms with Crippen molar-refractivity contribution in [1.29, 1.82) is 0 Å². The number of hydrogen-bond acceptors (Lipinski definition) is 2. The SMILES string of the molecule is Cc1ccccc1NCCC(=O)Nc1ccc(F)c(F)c1. The van der Waals surface area contributed by atoms with Gasteiger partial charge in [-0.25, -0.2) is 8.78 Å². The smallest absolute Gasteiger partial charge is 0.226 e. The van der Waals surface area contributed by atoms with Crippen LogP contribution in [0.2, 0.25) is 0 Å². The zero-order chi connectivity index (χ0) is 15.2. The van der Waals surface area contributed by atoms with Crippen molar-refractivity contribution in [1.82, 2.24) is 0 Å². The fourth-order valence-electron chi connectivity index (χ4n) is 1.88. The average molecular weight is 290 g/mol. The van der Waals surface area contributed by atoms with Crippen LogP contribution in [-0.4, -0.2) is 12.5 Å². The van der Waals surface area contributed by atoms with Gasteiger partial charge in [0.2, 0.25) is 5.91 Å². The maximum absolute atomic E-state index is 13.0. The van der Waals surface area contributed by atoms with Gasteiger partial charge in [-0.2, -0.15) is 0 Å². The average Bonchev–Trinajstić information content (AvgIpc) is 2.45. The van der Waals surface area contributed by atoms with Gasteiger partial charge in [0.1, 0.15) is 0 Å². The molecule has 2 aromatic rings. The molecule has 0 aliphatic carbocycles. The van der Waals surface area contributed by atoms with Gasteiger partial charge in [-0.3, -0.25) is 4.79 Å². The van der Waals surface area contributed by atoms with Crippen molar-refractivity contribution < 1.29 is 13.6 Å². The second-order valence-electron chi connectivity index (χ2n) is 4.67. The Labute approximate surface area is 122 Å². The Kier molecular flexibility index (Phi) is 4.87. The van der Waals surface area contributed by atoms with Crippen LogP contribution in [0.15, 0.2) is 42.5 Å². The van der Waals surface area contributed by atoms with Crippen LogP contribution < -0.4 is 10.6 Å². The van der Waals surface area contributed by atoms with Crippen LogP contribution in [0.4, 0.5) is 20.2 Å². The van der Waals surface area contributed by atoms with E-state index in [1.165, 1.54) is 6.07 Å². The van der Waals surface area contributed by atoms with E-state index in [0.29, 0.717) is 6.54 Å². The van der Waals surface area contributed by atoms with Crippen LogP contribution in [0.3, 0.4) is 0 Å². The molecule has 0 aliphatic rings. The summed E-state index contributed by atoms with van der Waals surface area (Å²) in [6, 6.07) is 11.0. The van der Waals surface area contributed by atoms with Crippen molar-refractivity contribution in [2.45, 2.75) is 13.3 Å². The fourth-order valence-corrected chi connectivity index (χ4v) is 1.88. The van der Waals surface area contributed by atoms with Gasteiger partial charge < -0.3 is 10.6 Å². The number of para-hydroxylation sites is 1. The summed E-state index contributed by atoms with van der Waals surface area (Å²) < 4.78 is 25.8. The summed E-state index contributed by atoms with van der Waals surface area (Å²) in [5.74, 6) is -2.18. The van der Waals surface area contributed by atoms with Crippen LogP contribution in [0.1, 0.15) is 12.0 Å². The van der Waals surface area contributed by atoms with E-state index in [4.69, 9.17) is 0 Å². The quantitative estimate of drug-likeness (QED) is 0.881. The maximum atomic E-state index is 13.0. The first-order chi connectivity index (χ1) is 10.1. The molecule has 0 saturated heterocycles. The number of carbonyl (C=O) groups excluding carboxylic acids is 1. The first kappa shape index (κ1) is 15.0. The Morgan fingerprint density at radius 3 is 2.57 bits per heavy atom. The zero-order valence-corrected chi connectivity index (χ0v) is 11.6. The van der Waals surface area contributed by atoms with Gasteiger partial charge in [-0.15, -0.1) is 0 Å². The van der Waals surface area contributed by atoms with E-state index in [-0.39, 0.29) is 18.0 Å². The summed E-state index contributed by atoms with van der Waals surface area (Å²) in [6.45, 7) is 2.43. The summed E-state index contributed by atoms with van der Waals surface area (Å²) in [4.78, 5) is 11.7. The summed E-state index contributed by atoms with van der Waals surface area (Å²) in [6.07, 6.45) is 0.229. The predicted octanol–water partition coefficient (Wildman–Crippen LogP) is 3.71. The highest BCUT2D eigenvalue weighted by atomic mass is 19.2. The fraction of sp³-hybridized carbons (Fsp3) is 0.188. The third-order valence-corrected chi connectivity index (χ3v) is 3.02. The second kappa shape index (κ2) is 6.83. The van der Waals surface area contributed by atoms with Crippen LogP contribution >= 0.6 is 0 Å². The van der Waals surface area contributed by atoms with E-state index < -0.39 is 11.6 Å². The van der Waals surface area contributed by atoms with E-state index in [9.17, 15) is 13.6 Å². The molecule has 0 saturated carbocycles. The number of benzene rings is 2. The lowest BCUT2D eigenvalue weighted by Gasteiger charge is -2.09. The Bertz CT molecular complexity index is 644. The largest absolute Gasteiger partial charge is 0.384 e. The van der Waals surface area contributed by atoms with Crippen molar-refractivity contribution in [2.24, 2.45) is 0 Å². The molecule has 21 heavy (non-hydrogen) atoms. The Morgan fingerprint density at radius 1 is 1.10 bits per heavy atom. The van der Waals surface area contributed by atoms with Crippen molar-refractivity contribution in [2.75, 3.05) is 17.2 Å². The Morgan fingerprint density at radius 2 is 1.86 bits per heavy atom. The minimum atomic E-state index is -0.981. The summed E-state index contributed by atoms with van der Waals surface area (Å²) in [7, 11) is 0. The molecule has 0 spiro atoms. The number of carbonyl (C=O) groups is 1. The lowest BCUT2D eigenvalue weighted by atomic mass is 10.2. The lowest BCUT2D eigenvalue weighted by Crippen LogP contribution is -2.16. The van der Waals surface area contributed by atoms with Crippen molar-refractivity contribution in [3.05, 3.63) is 59.7 Å². The van der Waals surface area contributed by atoms with Gasteiger partial charge in [0.05, 0.1) is 0 Å². The Balaban J connectivity index is 1.82. The number of anilines is 2. The van der Waals surface area contributed by atoms with Crippen molar-refractivity contribution in [3.8, 4) is 0 Å². The molecule has 3 nitrogen and oxygen atoms in total. The molecule has 0 aromatic heterocycles. The zero-order valence-electron chi connectivity index (χ0n) is 11.6. The molecule has 1 amide bonds. The van der Waals surface area contributed by atoms with Gasteiger partial charge in [0, 0.05) is 30.4 Å². The van der Waals surface area contributed by atoms with Crippen LogP contribution in [0, 0.1) is 18.6 Å². The number of rotatable bonds is 5. The molecule has 0 unspecified atom stereocenters. The molecule has 110 valence electrons. The van der Waals surface area contributed by atoms with Gasteiger partial charge in [-0.1, -0.05) is 18.2 Å². The molecule has 0 heterocycles. The van der Waals surface area contributed by atoms with E-state index in [0.717, 1.165) is 23.4 Å². The third kappa shape index (κ3) is 4.27. The summed E-state index contributed by atoms with van der Waals surface area (Å²) >= 11 is 0. The maximum Gasteiger partial charge on any atom is 0.226 e. The van der Waals surface area contributed by atoms with E-state index in [2.05, 4.69) is 10.6 Å². The van der Waals surface area contributed by atoms with Crippen LogP contribution in [0.5, 0.6) is 0 Å². The Hall–Kier alpha value is -2.43. The standard InChI is InChI=1S/C16H16F2N2O/c1-11-4-2-3-5-15(11)19-9-8-16(21)20-12-6-7-13(17)14(18)10-12/h2-7,10,19H,8-9H2,1H3,(H,20,21). The third-order valence-electron chi connectivity index (χ3n) is 3.02. The van der Waals surface area contributed by atoms with E-state index >= 15 is 0 Å². The van der Waals surface area contributed by atoms with Gasteiger partial charge in [0.25, 0.3) is 0 Å². The highest BCUT2D eigenvalue weighted by molar-refractivity contribution is 5.90. The predicted molar refractivity (Wildman–Crippen MR) is 79.3 cm³/mol. The van der Waals surface area contributed by atoms with Crippen molar-refractivity contribution in [3.63, 3.8) is 0 Å². The van der Waals surface area contributed by atoms with Crippen molar-refractivity contribution >= 4 is 17.3 Å². The molecule has 0 atom stereocenters. The number of halogens is 2. The van der Waals surface area contributed by atoms with Crippen LogP contribution in [0.25, 0.3) is 0 Å². The van der Waals surface area contributed by atoms with E-state index in [1.807, 2.05) is 31.2 Å². The highest BCUT2D eigenvalue weighted by Crippen LogP contribution is 2.14. The molecule has 2 rings (SSSR count). The van der Waals surface area contributed by atoms with Gasteiger partial charge in [-0.05, 0) is 30.7 Å². The second-order valence-corrected chi connectivity index (χ2v) is 4.67. The van der Waals surface area contributed by atoms with Crippen LogP contribution in [-0.2, 0) is 4.79 Å². The molecule has 2 N–H and O–H groups in total. The molecule has 0 aliphatic heterocycles. The van der Waals surface area contributed by atoms with E-state index in [1.54, 1.807) is 0 Å². The molecule has 0 fully saturated rings. The first-order valence-electron chi connectivity index (χ1n) is 6.60. The molecule has 0 bridgehead atoms. The normalized spacial score (nSPS) is 10.2. The summed E-state index contributed by atoms with van der Waals surface area (Å²) in [5, 5.41) is 5.68. The number of amides is 1. The lowest BCUT2D eigenvalue weighted by molar-refractivity contribution is -0.115. The minimum Gasteiger partial charge on any atom is -0.384 e. The van der Waals surface area contributed by atoms with Gasteiger partial charge >= 0.3 is 0 Å².